The maximum absolute atomic E-state index is 5.82. The molecule has 1 unspecified atom stereocenters. The van der Waals surface area contributed by atoms with Crippen LogP contribution in [0.5, 0.6) is 5.75 Å². The van der Waals surface area contributed by atoms with Crippen molar-refractivity contribution in [1.82, 2.24) is 5.16 Å². The molecule has 0 aliphatic heterocycles. The van der Waals surface area contributed by atoms with Crippen LogP contribution in [0.3, 0.4) is 0 Å². The first-order valence-electron chi connectivity index (χ1n) is 6.24. The highest BCUT2D eigenvalue weighted by molar-refractivity contribution is 9.11. The molecule has 1 atom stereocenters. The highest BCUT2D eigenvalue weighted by Gasteiger charge is 2.11. The molecule has 2 rings (SSSR count). The molecule has 2 N–H and O–H groups in total. The lowest BCUT2D eigenvalue weighted by atomic mass is 10.1. The molecule has 1 heterocycles. The molecule has 0 saturated carbocycles. The molecule has 0 radical (unpaired) electrons. The molecule has 0 aliphatic carbocycles. The van der Waals surface area contributed by atoms with Crippen molar-refractivity contribution in [2.45, 2.75) is 32.9 Å². The summed E-state index contributed by atoms with van der Waals surface area (Å²) in [6.45, 7) is 4.20. The van der Waals surface area contributed by atoms with Crippen molar-refractivity contribution in [1.29, 1.82) is 0 Å². The fourth-order valence-electron chi connectivity index (χ4n) is 1.87. The van der Waals surface area contributed by atoms with E-state index in [1.165, 1.54) is 0 Å². The van der Waals surface area contributed by atoms with E-state index in [0.29, 0.717) is 6.61 Å². The van der Waals surface area contributed by atoms with Crippen LogP contribution >= 0.6 is 31.9 Å². The molecule has 0 amide bonds. The Hall–Kier alpha value is -0.850. The molecule has 0 aliphatic rings. The number of hydrogen-bond donors (Lipinski definition) is 1. The van der Waals surface area contributed by atoms with Crippen LogP contribution in [0.15, 0.2) is 31.7 Å². The number of aromatic nitrogens is 1. The molecular formula is C14H16Br2N2O2. The molecule has 2 aromatic rings. The summed E-state index contributed by atoms with van der Waals surface area (Å²) in [5.74, 6) is 1.52. The molecular weight excluding hydrogens is 388 g/mol. The standard InChI is InChI=1S/C14H16Br2N2O2/c1-8(17)3-10-5-12(15)14(13(16)6-10)19-7-11-4-9(2)20-18-11/h4-6,8H,3,7,17H2,1-2H3. The van der Waals surface area contributed by atoms with Gasteiger partial charge in [0.1, 0.15) is 23.8 Å². The van der Waals surface area contributed by atoms with E-state index in [2.05, 4.69) is 37.0 Å². The number of nitrogens with two attached hydrogens (primary N) is 1. The van der Waals surface area contributed by atoms with Crippen LogP contribution < -0.4 is 10.5 Å². The van der Waals surface area contributed by atoms with Gasteiger partial charge in [0, 0.05) is 12.1 Å². The van der Waals surface area contributed by atoms with E-state index < -0.39 is 0 Å². The summed E-state index contributed by atoms with van der Waals surface area (Å²) >= 11 is 7.05. The summed E-state index contributed by atoms with van der Waals surface area (Å²) in [4.78, 5) is 0. The van der Waals surface area contributed by atoms with E-state index >= 15 is 0 Å². The second-order valence-electron chi connectivity index (χ2n) is 4.79. The van der Waals surface area contributed by atoms with Gasteiger partial charge < -0.3 is 15.0 Å². The number of aryl methyl sites for hydroxylation is 1. The van der Waals surface area contributed by atoms with Crippen molar-refractivity contribution in [3.63, 3.8) is 0 Å². The van der Waals surface area contributed by atoms with Crippen molar-refractivity contribution in [2.75, 3.05) is 0 Å². The van der Waals surface area contributed by atoms with E-state index in [-0.39, 0.29) is 6.04 Å². The third-order valence-electron chi connectivity index (χ3n) is 2.66. The first-order valence-corrected chi connectivity index (χ1v) is 7.83. The van der Waals surface area contributed by atoms with Gasteiger partial charge in [-0.1, -0.05) is 5.16 Å². The summed E-state index contributed by atoms with van der Waals surface area (Å²) in [5, 5.41) is 3.90. The monoisotopic (exact) mass is 402 g/mol. The Kier molecular flexibility index (Phi) is 5.23. The van der Waals surface area contributed by atoms with Crippen molar-refractivity contribution in [3.05, 3.63) is 44.2 Å². The van der Waals surface area contributed by atoms with Crippen molar-refractivity contribution >= 4 is 31.9 Å². The Balaban J connectivity index is 2.11. The quantitative estimate of drug-likeness (QED) is 0.820. The van der Waals surface area contributed by atoms with E-state index in [1.54, 1.807) is 0 Å². The summed E-state index contributed by atoms with van der Waals surface area (Å²) < 4.78 is 12.6. The van der Waals surface area contributed by atoms with E-state index in [9.17, 15) is 0 Å². The molecule has 0 bridgehead atoms. The zero-order valence-corrected chi connectivity index (χ0v) is 14.5. The Morgan fingerprint density at radius 2 is 1.95 bits per heavy atom. The molecule has 0 fully saturated rings. The molecule has 20 heavy (non-hydrogen) atoms. The summed E-state index contributed by atoms with van der Waals surface area (Å²) in [7, 11) is 0. The van der Waals surface area contributed by atoms with Crippen molar-refractivity contribution < 1.29 is 9.26 Å². The van der Waals surface area contributed by atoms with Gasteiger partial charge in [-0.25, -0.2) is 0 Å². The topological polar surface area (TPSA) is 61.3 Å². The third-order valence-corrected chi connectivity index (χ3v) is 3.83. The highest BCUT2D eigenvalue weighted by atomic mass is 79.9. The normalized spacial score (nSPS) is 12.4. The summed E-state index contributed by atoms with van der Waals surface area (Å²) in [5.41, 5.74) is 7.74. The van der Waals surface area contributed by atoms with Crippen LogP contribution in [0, 0.1) is 6.92 Å². The van der Waals surface area contributed by atoms with Crippen LogP contribution in [0.1, 0.15) is 23.9 Å². The van der Waals surface area contributed by atoms with Crippen LogP contribution in [0.2, 0.25) is 0 Å². The SMILES string of the molecule is Cc1cc(COc2c(Br)cc(CC(C)N)cc2Br)no1. The van der Waals surface area contributed by atoms with Gasteiger partial charge in [0.25, 0.3) is 0 Å². The fraction of sp³-hybridized carbons (Fsp3) is 0.357. The number of rotatable bonds is 5. The second kappa shape index (κ2) is 6.74. The molecule has 108 valence electrons. The number of hydrogen-bond acceptors (Lipinski definition) is 4. The minimum atomic E-state index is 0.124. The van der Waals surface area contributed by atoms with E-state index in [0.717, 1.165) is 38.1 Å². The average Bonchev–Trinajstić information content (AvgIpc) is 2.73. The molecule has 0 spiro atoms. The van der Waals surface area contributed by atoms with Crippen molar-refractivity contribution in [2.24, 2.45) is 5.73 Å². The Labute approximate surface area is 134 Å². The van der Waals surface area contributed by atoms with Crippen molar-refractivity contribution in [3.8, 4) is 5.75 Å². The minimum absolute atomic E-state index is 0.124. The lowest BCUT2D eigenvalue weighted by molar-refractivity contribution is 0.284. The Bertz CT molecular complexity index is 574. The minimum Gasteiger partial charge on any atom is -0.485 e. The van der Waals surface area contributed by atoms with Crippen LogP contribution in [-0.2, 0) is 13.0 Å². The zero-order chi connectivity index (χ0) is 14.7. The predicted octanol–water partition coefficient (Wildman–Crippen LogP) is 3.98. The van der Waals surface area contributed by atoms with Gasteiger partial charge in [-0.2, -0.15) is 0 Å². The maximum Gasteiger partial charge on any atom is 0.148 e. The largest absolute Gasteiger partial charge is 0.485 e. The lowest BCUT2D eigenvalue weighted by Crippen LogP contribution is -2.17. The molecule has 1 aromatic carbocycles. The summed E-state index contributed by atoms with van der Waals surface area (Å²) in [6.07, 6.45) is 0.819. The van der Waals surface area contributed by atoms with E-state index in [1.807, 2.05) is 32.0 Å². The van der Waals surface area contributed by atoms with Gasteiger partial charge in [0.15, 0.2) is 0 Å². The Morgan fingerprint density at radius 3 is 2.45 bits per heavy atom. The molecule has 6 heteroatoms. The first kappa shape index (κ1) is 15.5. The molecule has 4 nitrogen and oxygen atoms in total. The van der Waals surface area contributed by atoms with Gasteiger partial charge in [-0.05, 0) is 69.8 Å². The number of ether oxygens (including phenoxy) is 1. The van der Waals surface area contributed by atoms with Crippen LogP contribution in [-0.4, -0.2) is 11.2 Å². The fourth-order valence-corrected chi connectivity index (χ4v) is 3.38. The Morgan fingerprint density at radius 1 is 1.30 bits per heavy atom. The molecule has 1 aromatic heterocycles. The summed E-state index contributed by atoms with van der Waals surface area (Å²) in [6, 6.07) is 6.03. The predicted molar refractivity (Wildman–Crippen MR) is 84.8 cm³/mol. The highest BCUT2D eigenvalue weighted by Crippen LogP contribution is 2.35. The molecule has 0 saturated heterocycles. The second-order valence-corrected chi connectivity index (χ2v) is 6.50. The number of nitrogens with zero attached hydrogens (tertiary/aromatic N) is 1. The van der Waals surface area contributed by atoms with Crippen LogP contribution in [0.25, 0.3) is 0 Å². The van der Waals surface area contributed by atoms with Gasteiger partial charge in [-0.3, -0.25) is 0 Å². The average molecular weight is 404 g/mol. The van der Waals surface area contributed by atoms with Gasteiger partial charge in [0.05, 0.1) is 8.95 Å². The maximum atomic E-state index is 5.82. The van der Waals surface area contributed by atoms with E-state index in [4.69, 9.17) is 15.0 Å². The number of halogens is 2. The van der Waals surface area contributed by atoms with Gasteiger partial charge >= 0.3 is 0 Å². The van der Waals surface area contributed by atoms with Crippen LogP contribution in [0.4, 0.5) is 0 Å². The van der Waals surface area contributed by atoms with Gasteiger partial charge in [0.2, 0.25) is 0 Å². The third kappa shape index (κ3) is 4.07. The van der Waals surface area contributed by atoms with Gasteiger partial charge in [-0.15, -0.1) is 0 Å². The smallest absolute Gasteiger partial charge is 0.148 e. The lowest BCUT2D eigenvalue weighted by Gasteiger charge is -2.12. The zero-order valence-electron chi connectivity index (χ0n) is 11.3. The first-order chi connectivity index (χ1) is 9.45. The number of benzene rings is 1.